The van der Waals surface area contributed by atoms with Gasteiger partial charge in [-0.15, -0.1) is 0 Å². The smallest absolute Gasteiger partial charge is 0.160 e. The normalized spacial score (nSPS) is 11.0. The number of rotatable bonds is 9. The van der Waals surface area contributed by atoms with Gasteiger partial charge >= 0.3 is 0 Å². The third kappa shape index (κ3) is 7.35. The van der Waals surface area contributed by atoms with Crippen molar-refractivity contribution >= 4 is 0 Å². The molecule has 0 aliphatic rings. The predicted octanol–water partition coefficient (Wildman–Crippen LogP) is 15.5. The number of hydrogen-bond donors (Lipinski definition) is 0. The van der Waals surface area contributed by atoms with E-state index in [0.717, 1.165) is 44.8 Å². The maximum atomic E-state index is 5.11. The molecule has 0 saturated carbocycles. The van der Waals surface area contributed by atoms with Crippen molar-refractivity contribution < 1.29 is 0 Å². The van der Waals surface area contributed by atoms with Crippen molar-refractivity contribution in [2.24, 2.45) is 0 Å². The molecule has 0 aliphatic heterocycles. The summed E-state index contributed by atoms with van der Waals surface area (Å²) < 4.78 is 0. The molecule has 0 fully saturated rings. The van der Waals surface area contributed by atoms with Gasteiger partial charge in [-0.25, -0.2) is 9.97 Å². The van der Waals surface area contributed by atoms with Gasteiger partial charge in [0.15, 0.2) is 5.82 Å². The first-order chi connectivity index (χ1) is 29.8. The molecule has 0 aliphatic carbocycles. The van der Waals surface area contributed by atoms with Gasteiger partial charge in [-0.3, -0.25) is 0 Å². The van der Waals surface area contributed by atoms with Crippen molar-refractivity contribution in [3.8, 4) is 101 Å². The van der Waals surface area contributed by atoms with E-state index < -0.39 is 0 Å². The molecule has 10 rings (SSSR count). The molecule has 282 valence electrons. The number of aromatic nitrogens is 2. The van der Waals surface area contributed by atoms with Crippen LogP contribution in [0.3, 0.4) is 0 Å². The number of hydrogen-bond acceptors (Lipinski definition) is 2. The Balaban J connectivity index is 1.13. The summed E-state index contributed by atoms with van der Waals surface area (Å²) in [5.74, 6) is 0.696. The fourth-order valence-corrected chi connectivity index (χ4v) is 8.23. The van der Waals surface area contributed by atoms with Crippen molar-refractivity contribution in [2.75, 3.05) is 0 Å². The lowest BCUT2D eigenvalue weighted by molar-refractivity contribution is 1.18. The molecule has 10 aromatic rings. The highest BCUT2D eigenvalue weighted by molar-refractivity contribution is 6.07. The van der Waals surface area contributed by atoms with Crippen LogP contribution in [0.1, 0.15) is 0 Å². The summed E-state index contributed by atoms with van der Waals surface area (Å²) in [5.41, 5.74) is 19.0. The van der Waals surface area contributed by atoms with Crippen LogP contribution in [0.5, 0.6) is 0 Å². The Kier molecular flexibility index (Phi) is 10.0. The molecule has 0 bridgehead atoms. The third-order valence-electron chi connectivity index (χ3n) is 11.1. The molecule has 1 heterocycles. The van der Waals surface area contributed by atoms with E-state index in [1.165, 1.54) is 50.1 Å². The second-order valence-corrected chi connectivity index (χ2v) is 14.9. The minimum atomic E-state index is 0.696. The molecular formula is C58H40N2. The van der Waals surface area contributed by atoms with Gasteiger partial charge in [0.1, 0.15) is 0 Å². The summed E-state index contributed by atoms with van der Waals surface area (Å²) in [6.45, 7) is 0. The fourth-order valence-electron chi connectivity index (χ4n) is 8.23. The summed E-state index contributed by atoms with van der Waals surface area (Å²) in [4.78, 5) is 10.2. The SMILES string of the molecule is c1ccc(-c2cc(-c3ccccc3)nc(-c3cccc(-c4ccc(-c5cc(-c6ccccc6)c(-c6ccccc6)c(-c6ccccc6)c5-c5ccccc5)cc4)c3)n2)cc1. The van der Waals surface area contributed by atoms with E-state index >= 15 is 0 Å². The zero-order valence-electron chi connectivity index (χ0n) is 33.0. The lowest BCUT2D eigenvalue weighted by Crippen LogP contribution is -1.98. The maximum absolute atomic E-state index is 5.11. The van der Waals surface area contributed by atoms with E-state index in [1.807, 2.05) is 12.1 Å². The highest BCUT2D eigenvalue weighted by Gasteiger charge is 2.23. The van der Waals surface area contributed by atoms with E-state index in [1.54, 1.807) is 0 Å². The van der Waals surface area contributed by atoms with Gasteiger partial charge in [-0.1, -0.05) is 224 Å². The molecule has 0 atom stereocenters. The molecular weight excluding hydrogens is 725 g/mol. The maximum Gasteiger partial charge on any atom is 0.160 e. The molecule has 0 amide bonds. The highest BCUT2D eigenvalue weighted by atomic mass is 14.9. The molecule has 0 N–H and O–H groups in total. The van der Waals surface area contributed by atoms with Gasteiger partial charge in [-0.05, 0) is 85.0 Å². The summed E-state index contributed by atoms with van der Waals surface area (Å²) in [7, 11) is 0. The zero-order chi connectivity index (χ0) is 40.1. The standard InChI is InChI=1S/C58H40N2/c1-7-20-42(21-8-1)51-39-52(56(47-28-15-5-16-29-47)57(48-30-17-6-18-31-48)55(51)46-26-13-4-14-27-46)43-36-34-41(35-37-43)49-32-19-33-50(38-49)58-59-53(44-22-9-2-10-23-44)40-54(60-58)45-24-11-3-12-25-45/h1-40H. The van der Waals surface area contributed by atoms with Crippen molar-refractivity contribution in [2.45, 2.75) is 0 Å². The molecule has 1 aromatic heterocycles. The third-order valence-corrected chi connectivity index (χ3v) is 11.1. The second kappa shape index (κ2) is 16.5. The Morgan fingerprint density at radius 1 is 0.200 bits per heavy atom. The van der Waals surface area contributed by atoms with E-state index in [9.17, 15) is 0 Å². The summed E-state index contributed by atoms with van der Waals surface area (Å²) in [6, 6.07) is 86.1. The Morgan fingerprint density at radius 2 is 0.533 bits per heavy atom. The Labute approximate surface area is 351 Å². The van der Waals surface area contributed by atoms with Gasteiger partial charge in [-0.2, -0.15) is 0 Å². The van der Waals surface area contributed by atoms with Crippen LogP contribution >= 0.6 is 0 Å². The van der Waals surface area contributed by atoms with Gasteiger partial charge < -0.3 is 0 Å². The minimum Gasteiger partial charge on any atom is -0.228 e. The second-order valence-electron chi connectivity index (χ2n) is 14.9. The van der Waals surface area contributed by atoms with Crippen LogP contribution in [0.25, 0.3) is 101 Å². The van der Waals surface area contributed by atoms with Gasteiger partial charge in [0.2, 0.25) is 0 Å². The fraction of sp³-hybridized carbons (Fsp3) is 0. The molecule has 0 saturated heterocycles. The predicted molar refractivity (Wildman–Crippen MR) is 251 cm³/mol. The average molecular weight is 765 g/mol. The molecule has 0 radical (unpaired) electrons. The van der Waals surface area contributed by atoms with E-state index in [-0.39, 0.29) is 0 Å². The lowest BCUT2D eigenvalue weighted by atomic mass is 9.79. The van der Waals surface area contributed by atoms with E-state index in [2.05, 4.69) is 231 Å². The quantitative estimate of drug-likeness (QED) is 0.146. The Hall–Kier alpha value is -7.94. The minimum absolute atomic E-state index is 0.696. The summed E-state index contributed by atoms with van der Waals surface area (Å²) in [5, 5.41) is 0. The summed E-state index contributed by atoms with van der Waals surface area (Å²) >= 11 is 0. The largest absolute Gasteiger partial charge is 0.228 e. The first kappa shape index (κ1) is 36.4. The zero-order valence-corrected chi connectivity index (χ0v) is 33.0. The van der Waals surface area contributed by atoms with Crippen LogP contribution in [-0.4, -0.2) is 9.97 Å². The van der Waals surface area contributed by atoms with Crippen LogP contribution in [0.2, 0.25) is 0 Å². The van der Waals surface area contributed by atoms with Gasteiger partial charge in [0, 0.05) is 16.7 Å². The van der Waals surface area contributed by atoms with Crippen LogP contribution in [0.4, 0.5) is 0 Å². The van der Waals surface area contributed by atoms with Crippen molar-refractivity contribution in [3.63, 3.8) is 0 Å². The first-order valence-electron chi connectivity index (χ1n) is 20.4. The molecule has 60 heavy (non-hydrogen) atoms. The lowest BCUT2D eigenvalue weighted by Gasteiger charge is -2.24. The highest BCUT2D eigenvalue weighted by Crippen LogP contribution is 2.50. The number of nitrogens with zero attached hydrogens (tertiary/aromatic N) is 2. The van der Waals surface area contributed by atoms with Crippen LogP contribution in [0.15, 0.2) is 243 Å². The Morgan fingerprint density at radius 3 is 0.983 bits per heavy atom. The molecule has 2 heteroatoms. The summed E-state index contributed by atoms with van der Waals surface area (Å²) in [6.07, 6.45) is 0. The van der Waals surface area contributed by atoms with Crippen molar-refractivity contribution in [3.05, 3.63) is 243 Å². The molecule has 0 spiro atoms. The topological polar surface area (TPSA) is 25.8 Å². The van der Waals surface area contributed by atoms with Gasteiger partial charge in [0.05, 0.1) is 11.4 Å². The monoisotopic (exact) mass is 764 g/mol. The van der Waals surface area contributed by atoms with E-state index in [0.29, 0.717) is 5.82 Å². The van der Waals surface area contributed by atoms with Crippen molar-refractivity contribution in [1.82, 2.24) is 9.97 Å². The first-order valence-corrected chi connectivity index (χ1v) is 20.4. The van der Waals surface area contributed by atoms with Crippen molar-refractivity contribution in [1.29, 1.82) is 0 Å². The molecule has 0 unspecified atom stereocenters. The van der Waals surface area contributed by atoms with Gasteiger partial charge in [0.25, 0.3) is 0 Å². The van der Waals surface area contributed by atoms with E-state index in [4.69, 9.17) is 9.97 Å². The van der Waals surface area contributed by atoms with Crippen LogP contribution in [0, 0.1) is 0 Å². The van der Waals surface area contributed by atoms with Crippen LogP contribution in [-0.2, 0) is 0 Å². The van der Waals surface area contributed by atoms with Crippen LogP contribution < -0.4 is 0 Å². The number of benzene rings is 9. The Bertz CT molecular complexity index is 2960. The molecule has 2 nitrogen and oxygen atoms in total. The molecule has 9 aromatic carbocycles. The average Bonchev–Trinajstić information content (AvgIpc) is 3.35.